The third kappa shape index (κ3) is 2.51. The van der Waals surface area contributed by atoms with Crippen LogP contribution in [0.4, 0.5) is 4.39 Å². The third-order valence-corrected chi connectivity index (χ3v) is 2.10. The highest BCUT2D eigenvalue weighted by atomic mass is 127. The first-order valence-electron chi connectivity index (χ1n) is 3.14. The summed E-state index contributed by atoms with van der Waals surface area (Å²) in [7, 11) is 0. The molecule has 2 heteroatoms. The van der Waals surface area contributed by atoms with Crippen molar-refractivity contribution in [1.29, 1.82) is 0 Å². The van der Waals surface area contributed by atoms with E-state index < -0.39 is 6.67 Å². The van der Waals surface area contributed by atoms with E-state index >= 15 is 0 Å². The Hall–Kier alpha value is -0.560. The maximum absolute atomic E-state index is 11.6. The van der Waals surface area contributed by atoms with Gasteiger partial charge in [0, 0.05) is 9.13 Å². The van der Waals surface area contributed by atoms with Crippen LogP contribution in [0.3, 0.4) is 0 Å². The lowest BCUT2D eigenvalue weighted by Crippen LogP contribution is -1.78. The van der Waals surface area contributed by atoms with E-state index in [1.165, 1.54) is 0 Å². The van der Waals surface area contributed by atoms with Crippen molar-refractivity contribution >= 4 is 22.6 Å². The Balaban J connectivity index is 2.95. The molecule has 0 N–H and O–H groups in total. The standard InChI is InChI=1S/C9H6FI/c10-7-3-5-8-4-1-2-6-9(8)11/h1-2,4,6H,7H2. The van der Waals surface area contributed by atoms with E-state index in [4.69, 9.17) is 0 Å². The lowest BCUT2D eigenvalue weighted by atomic mass is 10.2. The molecular formula is C9H6FI. The first kappa shape index (κ1) is 8.54. The van der Waals surface area contributed by atoms with Gasteiger partial charge in [-0.2, -0.15) is 0 Å². The van der Waals surface area contributed by atoms with Gasteiger partial charge in [0.15, 0.2) is 6.67 Å². The second kappa shape index (κ2) is 4.35. The molecule has 56 valence electrons. The Labute approximate surface area is 79.0 Å². The first-order chi connectivity index (χ1) is 5.34. The van der Waals surface area contributed by atoms with Crippen LogP contribution in [0, 0.1) is 15.4 Å². The van der Waals surface area contributed by atoms with E-state index in [1.807, 2.05) is 24.3 Å². The van der Waals surface area contributed by atoms with Crippen LogP contribution in [0.2, 0.25) is 0 Å². The molecule has 0 unspecified atom stereocenters. The largest absolute Gasteiger partial charge is 0.237 e. The zero-order valence-corrected chi connectivity index (χ0v) is 7.93. The molecule has 0 atom stereocenters. The van der Waals surface area contributed by atoms with Crippen molar-refractivity contribution in [3.05, 3.63) is 33.4 Å². The van der Waals surface area contributed by atoms with Crippen LogP contribution in [0.1, 0.15) is 5.56 Å². The normalized spacial score (nSPS) is 8.55. The van der Waals surface area contributed by atoms with Gasteiger partial charge in [0.05, 0.1) is 0 Å². The predicted octanol–water partition coefficient (Wildman–Crippen LogP) is 2.61. The molecule has 1 aromatic carbocycles. The molecule has 0 heterocycles. The highest BCUT2D eigenvalue weighted by Crippen LogP contribution is 2.09. The third-order valence-electron chi connectivity index (χ3n) is 1.16. The lowest BCUT2D eigenvalue weighted by molar-refractivity contribution is 0.573. The van der Waals surface area contributed by atoms with Gasteiger partial charge in [-0.05, 0) is 34.7 Å². The molecule has 1 aromatic rings. The van der Waals surface area contributed by atoms with Gasteiger partial charge in [0.2, 0.25) is 0 Å². The molecule has 0 saturated carbocycles. The molecule has 0 radical (unpaired) electrons. The molecule has 0 aromatic heterocycles. The fourth-order valence-electron chi connectivity index (χ4n) is 0.691. The maximum Gasteiger partial charge on any atom is 0.150 e. The Morgan fingerprint density at radius 2 is 2.09 bits per heavy atom. The SMILES string of the molecule is FCC#Cc1ccccc1I. The highest BCUT2D eigenvalue weighted by Gasteiger charge is 1.90. The van der Waals surface area contributed by atoms with Crippen LogP contribution in [-0.2, 0) is 0 Å². The maximum atomic E-state index is 11.6. The zero-order valence-electron chi connectivity index (χ0n) is 5.77. The van der Waals surface area contributed by atoms with Crippen molar-refractivity contribution in [2.24, 2.45) is 0 Å². The summed E-state index contributed by atoms with van der Waals surface area (Å²) in [4.78, 5) is 0. The molecule has 0 aliphatic carbocycles. The van der Waals surface area contributed by atoms with E-state index in [9.17, 15) is 4.39 Å². The van der Waals surface area contributed by atoms with Gasteiger partial charge in [-0.3, -0.25) is 0 Å². The minimum atomic E-state index is -0.578. The van der Waals surface area contributed by atoms with Crippen molar-refractivity contribution in [3.8, 4) is 11.8 Å². The van der Waals surface area contributed by atoms with Crippen LogP contribution >= 0.6 is 22.6 Å². The van der Waals surface area contributed by atoms with Crippen molar-refractivity contribution < 1.29 is 4.39 Å². The Morgan fingerprint density at radius 1 is 1.36 bits per heavy atom. The van der Waals surface area contributed by atoms with Gasteiger partial charge in [-0.25, -0.2) is 4.39 Å². The quantitative estimate of drug-likeness (QED) is 0.497. The fraction of sp³-hybridized carbons (Fsp3) is 0.111. The molecule has 11 heavy (non-hydrogen) atoms. The van der Waals surface area contributed by atoms with Crippen LogP contribution in [0.15, 0.2) is 24.3 Å². The zero-order chi connectivity index (χ0) is 8.10. The molecule has 0 bridgehead atoms. The number of alkyl halides is 1. The molecule has 0 nitrogen and oxygen atoms in total. The molecular weight excluding hydrogens is 254 g/mol. The Kier molecular flexibility index (Phi) is 3.37. The molecule has 0 saturated heterocycles. The van der Waals surface area contributed by atoms with Crippen molar-refractivity contribution in [1.82, 2.24) is 0 Å². The van der Waals surface area contributed by atoms with Gasteiger partial charge >= 0.3 is 0 Å². The van der Waals surface area contributed by atoms with E-state index in [-0.39, 0.29) is 0 Å². The van der Waals surface area contributed by atoms with Crippen LogP contribution in [0.5, 0.6) is 0 Å². The number of benzene rings is 1. The summed E-state index contributed by atoms with van der Waals surface area (Å²) in [6.07, 6.45) is 0. The molecule has 0 fully saturated rings. The number of rotatable bonds is 0. The van der Waals surface area contributed by atoms with E-state index in [0.29, 0.717) is 0 Å². The summed E-state index contributed by atoms with van der Waals surface area (Å²) in [5, 5.41) is 0. The molecule has 0 amide bonds. The Bertz CT molecular complexity index is 296. The van der Waals surface area contributed by atoms with Gasteiger partial charge < -0.3 is 0 Å². The topological polar surface area (TPSA) is 0 Å². The van der Waals surface area contributed by atoms with Gasteiger partial charge in [0.1, 0.15) is 0 Å². The summed E-state index contributed by atoms with van der Waals surface area (Å²) in [6, 6.07) is 7.65. The summed E-state index contributed by atoms with van der Waals surface area (Å²) in [5.74, 6) is 5.11. The summed E-state index contributed by atoms with van der Waals surface area (Å²) in [5.41, 5.74) is 0.894. The molecule has 1 rings (SSSR count). The predicted molar refractivity (Wildman–Crippen MR) is 52.0 cm³/mol. The highest BCUT2D eigenvalue weighted by molar-refractivity contribution is 14.1. The van der Waals surface area contributed by atoms with E-state index in [1.54, 1.807) is 0 Å². The van der Waals surface area contributed by atoms with E-state index in [2.05, 4.69) is 34.4 Å². The number of hydrogen-bond acceptors (Lipinski definition) is 0. The second-order valence-corrected chi connectivity index (χ2v) is 3.08. The first-order valence-corrected chi connectivity index (χ1v) is 4.22. The second-order valence-electron chi connectivity index (χ2n) is 1.92. The van der Waals surface area contributed by atoms with Gasteiger partial charge in [-0.1, -0.05) is 24.0 Å². The molecule has 0 aliphatic rings. The smallest absolute Gasteiger partial charge is 0.150 e. The lowest BCUT2D eigenvalue weighted by Gasteiger charge is -1.91. The minimum Gasteiger partial charge on any atom is -0.237 e. The number of halogens is 2. The molecule has 0 spiro atoms. The number of hydrogen-bond donors (Lipinski definition) is 0. The van der Waals surface area contributed by atoms with Crippen molar-refractivity contribution in [2.45, 2.75) is 0 Å². The van der Waals surface area contributed by atoms with E-state index in [0.717, 1.165) is 9.13 Å². The van der Waals surface area contributed by atoms with Gasteiger partial charge in [0.25, 0.3) is 0 Å². The summed E-state index contributed by atoms with van der Waals surface area (Å²) >= 11 is 2.18. The molecule has 0 aliphatic heterocycles. The van der Waals surface area contributed by atoms with Crippen LogP contribution in [-0.4, -0.2) is 6.67 Å². The minimum absolute atomic E-state index is 0.578. The van der Waals surface area contributed by atoms with Crippen LogP contribution in [0.25, 0.3) is 0 Å². The van der Waals surface area contributed by atoms with Crippen LogP contribution < -0.4 is 0 Å². The van der Waals surface area contributed by atoms with Crippen molar-refractivity contribution in [3.63, 3.8) is 0 Å². The monoisotopic (exact) mass is 260 g/mol. The summed E-state index contributed by atoms with van der Waals surface area (Å²) < 4.78 is 12.7. The fourth-order valence-corrected chi connectivity index (χ4v) is 1.21. The van der Waals surface area contributed by atoms with Gasteiger partial charge in [-0.15, -0.1) is 0 Å². The average molecular weight is 260 g/mol. The summed E-state index contributed by atoms with van der Waals surface area (Å²) in [6.45, 7) is -0.578. The van der Waals surface area contributed by atoms with Crippen molar-refractivity contribution in [2.75, 3.05) is 6.67 Å². The average Bonchev–Trinajstić information content (AvgIpc) is 2.03. The Morgan fingerprint density at radius 3 is 2.73 bits per heavy atom.